The van der Waals surface area contributed by atoms with Gasteiger partial charge in [0.15, 0.2) is 0 Å². The molecule has 0 radical (unpaired) electrons. The molecule has 2 heterocycles. The molecule has 0 atom stereocenters. The molecular formula is C23H26N4O2. The van der Waals surface area contributed by atoms with Gasteiger partial charge in [-0.15, -0.1) is 0 Å². The summed E-state index contributed by atoms with van der Waals surface area (Å²) in [5.41, 5.74) is 0.674. The van der Waals surface area contributed by atoms with Gasteiger partial charge in [0.25, 0.3) is 5.91 Å². The van der Waals surface area contributed by atoms with Crippen LogP contribution in [0.15, 0.2) is 48.5 Å². The van der Waals surface area contributed by atoms with Crippen LogP contribution in [0.1, 0.15) is 35.4 Å². The first kappa shape index (κ1) is 19.2. The molecule has 1 amide bonds. The van der Waals surface area contributed by atoms with Crippen LogP contribution < -0.4 is 15.0 Å². The summed E-state index contributed by atoms with van der Waals surface area (Å²) < 4.78 is 5.80. The highest BCUT2D eigenvalue weighted by molar-refractivity contribution is 6.06. The fraction of sp³-hybridized carbons (Fsp3) is 0.348. The smallest absolute Gasteiger partial charge is 0.252 e. The van der Waals surface area contributed by atoms with Gasteiger partial charge < -0.3 is 15.0 Å². The summed E-state index contributed by atoms with van der Waals surface area (Å²) in [5, 5.41) is 4.94. The minimum absolute atomic E-state index is 0.0988. The monoisotopic (exact) mass is 390 g/mol. The zero-order chi connectivity index (χ0) is 20.1. The molecule has 1 fully saturated rings. The van der Waals surface area contributed by atoms with Gasteiger partial charge in [-0.3, -0.25) is 4.79 Å². The van der Waals surface area contributed by atoms with Crippen molar-refractivity contribution in [3.63, 3.8) is 0 Å². The van der Waals surface area contributed by atoms with Crippen molar-refractivity contribution in [2.75, 3.05) is 31.1 Å². The Hall–Kier alpha value is -3.15. The molecule has 3 aromatic rings. The number of aromatic nitrogens is 2. The number of nitrogens with one attached hydrogen (secondary N) is 1. The third kappa shape index (κ3) is 4.65. The molecule has 6 heteroatoms. The quantitative estimate of drug-likeness (QED) is 0.650. The molecule has 1 aliphatic rings. The highest BCUT2D eigenvalue weighted by atomic mass is 16.5. The third-order valence-corrected chi connectivity index (χ3v) is 5.15. The normalized spacial score (nSPS) is 14.0. The number of aryl methyl sites for hydroxylation is 1. The summed E-state index contributed by atoms with van der Waals surface area (Å²) in [7, 11) is 0. The Balaban J connectivity index is 1.34. The summed E-state index contributed by atoms with van der Waals surface area (Å²) in [5.74, 6) is 2.07. The molecule has 150 valence electrons. The lowest BCUT2D eigenvalue weighted by Gasteiger charge is -2.28. The van der Waals surface area contributed by atoms with Crippen molar-refractivity contribution in [1.82, 2.24) is 15.3 Å². The molecule has 0 bridgehead atoms. The van der Waals surface area contributed by atoms with Crippen molar-refractivity contribution < 1.29 is 9.53 Å². The molecule has 1 aliphatic heterocycles. The number of hydrogen-bond donors (Lipinski definition) is 1. The van der Waals surface area contributed by atoms with Gasteiger partial charge in [-0.05, 0) is 43.0 Å². The Kier molecular flexibility index (Phi) is 5.89. The number of hydrogen-bond acceptors (Lipinski definition) is 5. The van der Waals surface area contributed by atoms with Crippen LogP contribution in [0.25, 0.3) is 10.8 Å². The highest BCUT2D eigenvalue weighted by Gasteiger charge is 2.14. The zero-order valence-corrected chi connectivity index (χ0v) is 16.7. The van der Waals surface area contributed by atoms with Crippen LogP contribution in [0, 0.1) is 6.92 Å². The highest BCUT2D eigenvalue weighted by Crippen LogP contribution is 2.21. The second-order valence-electron chi connectivity index (χ2n) is 7.29. The lowest BCUT2D eigenvalue weighted by atomic mass is 10.0. The maximum absolute atomic E-state index is 12.6. The molecule has 0 aliphatic carbocycles. The maximum Gasteiger partial charge on any atom is 0.252 e. The lowest BCUT2D eigenvalue weighted by molar-refractivity contribution is 0.0948. The Morgan fingerprint density at radius 2 is 1.86 bits per heavy atom. The van der Waals surface area contributed by atoms with Gasteiger partial charge in [0.05, 0.1) is 6.54 Å². The Labute approximate surface area is 170 Å². The van der Waals surface area contributed by atoms with E-state index in [1.54, 1.807) is 0 Å². The fourth-order valence-corrected chi connectivity index (χ4v) is 3.72. The summed E-state index contributed by atoms with van der Waals surface area (Å²) >= 11 is 0. The largest absolute Gasteiger partial charge is 0.476 e. The molecule has 6 nitrogen and oxygen atoms in total. The van der Waals surface area contributed by atoms with Gasteiger partial charge in [-0.1, -0.05) is 36.4 Å². The summed E-state index contributed by atoms with van der Waals surface area (Å²) in [6.07, 6.45) is 3.67. The Bertz CT molecular complexity index is 994. The number of rotatable bonds is 6. The zero-order valence-electron chi connectivity index (χ0n) is 16.7. The molecule has 29 heavy (non-hydrogen) atoms. The maximum atomic E-state index is 12.6. The average Bonchev–Trinajstić information content (AvgIpc) is 2.76. The number of piperidine rings is 1. The second-order valence-corrected chi connectivity index (χ2v) is 7.29. The third-order valence-electron chi connectivity index (χ3n) is 5.15. The topological polar surface area (TPSA) is 67.3 Å². The Morgan fingerprint density at radius 1 is 1.07 bits per heavy atom. The van der Waals surface area contributed by atoms with E-state index >= 15 is 0 Å². The summed E-state index contributed by atoms with van der Waals surface area (Å²) in [4.78, 5) is 23.8. The van der Waals surface area contributed by atoms with E-state index < -0.39 is 0 Å². The van der Waals surface area contributed by atoms with Crippen LogP contribution in [0.4, 0.5) is 5.82 Å². The van der Waals surface area contributed by atoms with Gasteiger partial charge >= 0.3 is 0 Å². The summed E-state index contributed by atoms with van der Waals surface area (Å²) in [6, 6.07) is 15.5. The number of anilines is 1. The van der Waals surface area contributed by atoms with Gasteiger partial charge in [0.2, 0.25) is 5.88 Å². The van der Waals surface area contributed by atoms with Gasteiger partial charge in [0.1, 0.15) is 18.2 Å². The number of amides is 1. The number of carbonyl (C=O) groups is 1. The van der Waals surface area contributed by atoms with Crippen molar-refractivity contribution in [3.8, 4) is 5.88 Å². The lowest BCUT2D eigenvalue weighted by Crippen LogP contribution is -2.30. The number of nitrogens with zero attached hydrogens (tertiary/aromatic N) is 3. The molecule has 0 spiro atoms. The first-order chi connectivity index (χ1) is 14.2. The van der Waals surface area contributed by atoms with Crippen LogP contribution in [-0.4, -0.2) is 42.1 Å². The van der Waals surface area contributed by atoms with Crippen molar-refractivity contribution in [3.05, 3.63) is 59.9 Å². The van der Waals surface area contributed by atoms with Crippen LogP contribution in [0.2, 0.25) is 0 Å². The van der Waals surface area contributed by atoms with E-state index in [9.17, 15) is 4.79 Å². The number of fused-ring (bicyclic) bond motifs is 1. The SMILES string of the molecule is Cc1nc(OCCNC(=O)c2cccc3ccccc23)cc(N2CCCCC2)n1. The van der Waals surface area contributed by atoms with E-state index in [1.807, 2.05) is 55.5 Å². The van der Waals surface area contributed by atoms with Crippen molar-refractivity contribution >= 4 is 22.5 Å². The molecule has 4 rings (SSSR count). The van der Waals surface area contributed by atoms with Crippen molar-refractivity contribution in [2.24, 2.45) is 0 Å². The van der Waals surface area contributed by atoms with Crippen LogP contribution in [-0.2, 0) is 0 Å². The van der Waals surface area contributed by atoms with Gasteiger partial charge in [-0.25, -0.2) is 4.98 Å². The van der Waals surface area contributed by atoms with Crippen LogP contribution in [0.5, 0.6) is 5.88 Å². The number of carbonyl (C=O) groups excluding carboxylic acids is 1. The second kappa shape index (κ2) is 8.90. The van der Waals surface area contributed by atoms with E-state index in [2.05, 4.69) is 20.2 Å². The Morgan fingerprint density at radius 3 is 2.72 bits per heavy atom. The van der Waals surface area contributed by atoms with E-state index in [0.29, 0.717) is 30.4 Å². The van der Waals surface area contributed by atoms with E-state index in [-0.39, 0.29) is 5.91 Å². The first-order valence-corrected chi connectivity index (χ1v) is 10.2. The molecule has 0 unspecified atom stereocenters. The van der Waals surface area contributed by atoms with E-state index in [1.165, 1.54) is 19.3 Å². The molecule has 2 aromatic carbocycles. The van der Waals surface area contributed by atoms with Gasteiger partial charge in [0, 0.05) is 24.7 Å². The van der Waals surface area contributed by atoms with E-state index in [4.69, 9.17) is 4.74 Å². The predicted molar refractivity (Wildman–Crippen MR) is 115 cm³/mol. The molecule has 1 N–H and O–H groups in total. The molecule has 0 saturated carbocycles. The van der Waals surface area contributed by atoms with Gasteiger partial charge in [-0.2, -0.15) is 4.98 Å². The first-order valence-electron chi connectivity index (χ1n) is 10.2. The minimum Gasteiger partial charge on any atom is -0.476 e. The standard InChI is InChI=1S/C23H26N4O2/c1-17-25-21(27-13-5-2-6-14-27)16-22(26-17)29-15-12-24-23(28)20-11-7-9-18-8-3-4-10-19(18)20/h3-4,7-11,16H,2,5-6,12-15H2,1H3,(H,24,28). The molecule has 1 saturated heterocycles. The minimum atomic E-state index is -0.0988. The number of benzene rings is 2. The number of ether oxygens (including phenoxy) is 1. The van der Waals surface area contributed by atoms with Crippen LogP contribution >= 0.6 is 0 Å². The van der Waals surface area contributed by atoms with Crippen LogP contribution in [0.3, 0.4) is 0 Å². The average molecular weight is 390 g/mol. The van der Waals surface area contributed by atoms with Crippen molar-refractivity contribution in [1.29, 1.82) is 0 Å². The summed E-state index contributed by atoms with van der Waals surface area (Å²) in [6.45, 7) is 4.69. The molecular weight excluding hydrogens is 364 g/mol. The molecule has 1 aromatic heterocycles. The van der Waals surface area contributed by atoms with E-state index in [0.717, 1.165) is 29.7 Å². The fourth-order valence-electron chi connectivity index (χ4n) is 3.72. The van der Waals surface area contributed by atoms with Crippen molar-refractivity contribution in [2.45, 2.75) is 26.2 Å². The predicted octanol–water partition coefficient (Wildman–Crippen LogP) is 3.74.